The van der Waals surface area contributed by atoms with Crippen LogP contribution in [0.15, 0.2) is 65.7 Å². The summed E-state index contributed by atoms with van der Waals surface area (Å²) >= 11 is 6.23. The molecule has 3 rings (SSSR count). The summed E-state index contributed by atoms with van der Waals surface area (Å²) in [5.41, 5.74) is 3.65. The molecule has 0 spiro atoms. The number of halogens is 1. The first-order chi connectivity index (χ1) is 12.3. The van der Waals surface area contributed by atoms with Gasteiger partial charge in [0.05, 0.1) is 4.90 Å². The lowest BCUT2D eigenvalue weighted by Gasteiger charge is -2.11. The Morgan fingerprint density at radius 2 is 1.77 bits per heavy atom. The van der Waals surface area contributed by atoms with Gasteiger partial charge in [0, 0.05) is 28.7 Å². The van der Waals surface area contributed by atoms with E-state index in [-0.39, 0.29) is 4.90 Å². The molecule has 0 amide bonds. The Balaban J connectivity index is 1.85. The van der Waals surface area contributed by atoms with Crippen molar-refractivity contribution in [3.05, 3.63) is 77.1 Å². The Kier molecular flexibility index (Phi) is 5.30. The van der Waals surface area contributed by atoms with Gasteiger partial charge in [0.1, 0.15) is 12.4 Å². The minimum absolute atomic E-state index is 0.284. The maximum atomic E-state index is 11.6. The molecule has 26 heavy (non-hydrogen) atoms. The van der Waals surface area contributed by atoms with Gasteiger partial charge in [-0.15, -0.1) is 0 Å². The van der Waals surface area contributed by atoms with Gasteiger partial charge in [-0.3, -0.25) is 4.98 Å². The SMILES string of the molecule is Cc1ncccc1COc1cc(Cl)cc(-c2ccc(S(C)(=O)=O)cc2)c1. The summed E-state index contributed by atoms with van der Waals surface area (Å²) < 4.78 is 29.1. The van der Waals surface area contributed by atoms with Crippen LogP contribution < -0.4 is 4.74 Å². The number of aryl methyl sites for hydroxylation is 1. The summed E-state index contributed by atoms with van der Waals surface area (Å²) in [7, 11) is -3.22. The lowest BCUT2D eigenvalue weighted by molar-refractivity contribution is 0.305. The first kappa shape index (κ1) is 18.4. The molecule has 2 aromatic carbocycles. The van der Waals surface area contributed by atoms with Crippen LogP contribution >= 0.6 is 11.6 Å². The summed E-state index contributed by atoms with van der Waals surface area (Å²) in [4.78, 5) is 4.53. The Labute approximate surface area is 158 Å². The number of aromatic nitrogens is 1. The average Bonchev–Trinajstić information content (AvgIpc) is 2.60. The molecule has 0 aliphatic carbocycles. The van der Waals surface area contributed by atoms with E-state index >= 15 is 0 Å². The smallest absolute Gasteiger partial charge is 0.175 e. The van der Waals surface area contributed by atoms with Gasteiger partial charge in [-0.2, -0.15) is 0 Å². The summed E-state index contributed by atoms with van der Waals surface area (Å²) in [5.74, 6) is 0.642. The fourth-order valence-electron chi connectivity index (χ4n) is 2.54. The third-order valence-electron chi connectivity index (χ3n) is 4.00. The molecule has 0 saturated carbocycles. The lowest BCUT2D eigenvalue weighted by atomic mass is 10.1. The highest BCUT2D eigenvalue weighted by molar-refractivity contribution is 7.90. The van der Waals surface area contributed by atoms with E-state index in [1.54, 1.807) is 36.5 Å². The van der Waals surface area contributed by atoms with Crippen LogP contribution in [0.25, 0.3) is 11.1 Å². The number of pyridine rings is 1. The first-order valence-corrected chi connectivity index (χ1v) is 10.2. The molecular formula is C20H18ClNO3S. The quantitative estimate of drug-likeness (QED) is 0.637. The van der Waals surface area contributed by atoms with Gasteiger partial charge < -0.3 is 4.74 Å². The van der Waals surface area contributed by atoms with Crippen LogP contribution in [0, 0.1) is 6.92 Å². The van der Waals surface area contributed by atoms with Gasteiger partial charge in [0.2, 0.25) is 0 Å². The summed E-state index contributed by atoms with van der Waals surface area (Å²) in [6.07, 6.45) is 2.93. The van der Waals surface area contributed by atoms with Crippen LogP contribution in [0.5, 0.6) is 5.75 Å². The normalized spacial score (nSPS) is 11.3. The molecule has 134 valence electrons. The molecule has 0 fully saturated rings. The first-order valence-electron chi connectivity index (χ1n) is 7.97. The van der Waals surface area contributed by atoms with Crippen molar-refractivity contribution in [2.24, 2.45) is 0 Å². The number of nitrogens with zero attached hydrogens (tertiary/aromatic N) is 1. The second kappa shape index (κ2) is 7.48. The predicted molar refractivity (Wildman–Crippen MR) is 103 cm³/mol. The number of hydrogen-bond acceptors (Lipinski definition) is 4. The van der Waals surface area contributed by atoms with Crippen LogP contribution in [-0.2, 0) is 16.4 Å². The number of hydrogen-bond donors (Lipinski definition) is 0. The van der Waals surface area contributed by atoms with Crippen molar-refractivity contribution in [3.8, 4) is 16.9 Å². The van der Waals surface area contributed by atoms with E-state index in [4.69, 9.17) is 16.3 Å². The third-order valence-corrected chi connectivity index (χ3v) is 5.34. The highest BCUT2D eigenvalue weighted by Crippen LogP contribution is 2.29. The van der Waals surface area contributed by atoms with Gasteiger partial charge >= 0.3 is 0 Å². The molecule has 0 radical (unpaired) electrons. The van der Waals surface area contributed by atoms with E-state index in [2.05, 4.69) is 4.98 Å². The Morgan fingerprint density at radius 1 is 1.04 bits per heavy atom. The van der Waals surface area contributed by atoms with Crippen molar-refractivity contribution in [1.29, 1.82) is 0 Å². The summed E-state index contributed by atoms with van der Waals surface area (Å²) in [6, 6.07) is 16.0. The molecule has 0 aliphatic heterocycles. The molecule has 4 nitrogen and oxygen atoms in total. The van der Waals surface area contributed by atoms with Gasteiger partial charge in [-0.1, -0.05) is 29.8 Å². The second-order valence-electron chi connectivity index (χ2n) is 6.01. The second-order valence-corrected chi connectivity index (χ2v) is 8.46. The molecule has 0 unspecified atom stereocenters. The maximum absolute atomic E-state index is 11.6. The van der Waals surface area contributed by atoms with Crippen molar-refractivity contribution < 1.29 is 13.2 Å². The zero-order valence-corrected chi connectivity index (χ0v) is 16.0. The topological polar surface area (TPSA) is 56.3 Å². The van der Waals surface area contributed by atoms with Gasteiger partial charge in [0.15, 0.2) is 9.84 Å². The lowest BCUT2D eigenvalue weighted by Crippen LogP contribution is -1.99. The van der Waals surface area contributed by atoms with Crippen LogP contribution in [0.3, 0.4) is 0 Å². The van der Waals surface area contributed by atoms with Gasteiger partial charge in [-0.05, 0) is 54.4 Å². The minimum atomic E-state index is -3.22. The minimum Gasteiger partial charge on any atom is -0.489 e. The molecule has 0 bridgehead atoms. The van der Waals surface area contributed by atoms with Crippen molar-refractivity contribution >= 4 is 21.4 Å². The molecule has 0 N–H and O–H groups in total. The van der Waals surface area contributed by atoms with E-state index in [1.807, 2.05) is 31.2 Å². The summed E-state index contributed by atoms with van der Waals surface area (Å²) in [5, 5.41) is 0.549. The molecule has 0 aliphatic rings. The molecule has 0 saturated heterocycles. The molecule has 1 heterocycles. The number of benzene rings is 2. The molecule has 3 aromatic rings. The molecule has 6 heteroatoms. The van der Waals surface area contributed by atoms with Crippen molar-refractivity contribution in [3.63, 3.8) is 0 Å². The van der Waals surface area contributed by atoms with E-state index in [0.717, 1.165) is 22.4 Å². The standard InChI is InChI=1S/C20H18ClNO3S/c1-14-16(4-3-9-22-14)13-25-19-11-17(10-18(21)12-19)15-5-7-20(8-6-15)26(2,23)24/h3-12H,13H2,1-2H3. The van der Waals surface area contributed by atoms with E-state index in [0.29, 0.717) is 17.4 Å². The van der Waals surface area contributed by atoms with Crippen molar-refractivity contribution in [2.75, 3.05) is 6.26 Å². The number of ether oxygens (including phenoxy) is 1. The molecule has 1 aromatic heterocycles. The predicted octanol–water partition coefficient (Wildman–Crippen LogP) is 4.69. The van der Waals surface area contributed by atoms with E-state index in [9.17, 15) is 8.42 Å². The highest BCUT2D eigenvalue weighted by Gasteiger charge is 2.09. The Bertz CT molecular complexity index is 1030. The fourth-order valence-corrected chi connectivity index (χ4v) is 3.39. The maximum Gasteiger partial charge on any atom is 0.175 e. The van der Waals surface area contributed by atoms with Gasteiger partial charge in [-0.25, -0.2) is 8.42 Å². The average molecular weight is 388 g/mol. The molecular weight excluding hydrogens is 370 g/mol. The van der Waals surface area contributed by atoms with Crippen LogP contribution in [0.2, 0.25) is 5.02 Å². The fraction of sp³-hybridized carbons (Fsp3) is 0.150. The van der Waals surface area contributed by atoms with E-state index in [1.165, 1.54) is 6.26 Å². The third kappa shape index (κ3) is 4.42. The van der Waals surface area contributed by atoms with Crippen LogP contribution in [-0.4, -0.2) is 19.7 Å². The number of sulfone groups is 1. The van der Waals surface area contributed by atoms with E-state index < -0.39 is 9.84 Å². The largest absolute Gasteiger partial charge is 0.489 e. The van der Waals surface area contributed by atoms with Crippen molar-refractivity contribution in [2.45, 2.75) is 18.4 Å². The Morgan fingerprint density at radius 3 is 2.42 bits per heavy atom. The Hall–Kier alpha value is -2.37. The molecule has 0 atom stereocenters. The van der Waals surface area contributed by atoms with Gasteiger partial charge in [0.25, 0.3) is 0 Å². The zero-order valence-electron chi connectivity index (χ0n) is 14.4. The van der Waals surface area contributed by atoms with Crippen LogP contribution in [0.1, 0.15) is 11.3 Å². The number of rotatable bonds is 5. The zero-order chi connectivity index (χ0) is 18.7. The van der Waals surface area contributed by atoms with Crippen molar-refractivity contribution in [1.82, 2.24) is 4.98 Å². The highest BCUT2D eigenvalue weighted by atomic mass is 35.5. The summed E-state index contributed by atoms with van der Waals surface area (Å²) in [6.45, 7) is 2.33. The monoisotopic (exact) mass is 387 g/mol. The van der Waals surface area contributed by atoms with Crippen LogP contribution in [0.4, 0.5) is 0 Å².